The van der Waals surface area contributed by atoms with Crippen molar-refractivity contribution in [3.05, 3.63) is 23.9 Å². The van der Waals surface area contributed by atoms with E-state index in [9.17, 15) is 4.79 Å². The van der Waals surface area contributed by atoms with Crippen molar-refractivity contribution in [3.63, 3.8) is 0 Å². The van der Waals surface area contributed by atoms with Crippen LogP contribution in [-0.4, -0.2) is 17.0 Å². The summed E-state index contributed by atoms with van der Waals surface area (Å²) in [7, 11) is 0. The summed E-state index contributed by atoms with van der Waals surface area (Å²) in [6, 6.07) is 3.78. The first-order chi connectivity index (χ1) is 8.16. The Morgan fingerprint density at radius 1 is 1.59 bits per heavy atom. The summed E-state index contributed by atoms with van der Waals surface area (Å²) < 4.78 is 5.59. The van der Waals surface area contributed by atoms with Crippen LogP contribution in [0.4, 0.5) is 0 Å². The Hall–Kier alpha value is -1.58. The number of nitrogens with one attached hydrogen (secondary N) is 1. The van der Waals surface area contributed by atoms with Gasteiger partial charge in [0.2, 0.25) is 11.8 Å². The van der Waals surface area contributed by atoms with Gasteiger partial charge in [-0.2, -0.15) is 0 Å². The molecule has 0 saturated heterocycles. The molecule has 1 aromatic heterocycles. The van der Waals surface area contributed by atoms with Gasteiger partial charge >= 0.3 is 0 Å². The van der Waals surface area contributed by atoms with Gasteiger partial charge in [-0.25, -0.2) is 4.98 Å². The number of hydrogen-bond donors (Lipinski definition) is 1. The minimum atomic E-state index is 0.0859. The van der Waals surface area contributed by atoms with Gasteiger partial charge in [0.25, 0.3) is 0 Å². The third-order valence-electron chi connectivity index (χ3n) is 2.60. The summed E-state index contributed by atoms with van der Waals surface area (Å²) >= 11 is 0. The molecule has 1 aliphatic rings. The first kappa shape index (κ1) is 11.9. The quantitative estimate of drug-likeness (QED) is 0.846. The third-order valence-corrected chi connectivity index (χ3v) is 2.60. The number of aromatic nitrogens is 1. The van der Waals surface area contributed by atoms with Crippen molar-refractivity contribution < 1.29 is 9.53 Å². The number of carbonyl (C=O) groups excluding carboxylic acids is 1. The summed E-state index contributed by atoms with van der Waals surface area (Å²) in [5, 5.41) is 2.92. The maximum atomic E-state index is 11.5. The lowest BCUT2D eigenvalue weighted by atomic mass is 10.2. The normalized spacial score (nSPS) is 14.8. The van der Waals surface area contributed by atoms with Gasteiger partial charge in [0.1, 0.15) is 0 Å². The van der Waals surface area contributed by atoms with E-state index in [4.69, 9.17) is 4.74 Å². The van der Waals surface area contributed by atoms with Crippen molar-refractivity contribution in [2.24, 2.45) is 5.92 Å². The van der Waals surface area contributed by atoms with Gasteiger partial charge in [0, 0.05) is 24.2 Å². The molecule has 4 nitrogen and oxygen atoms in total. The molecule has 0 spiro atoms. The molecule has 0 atom stereocenters. The molecular weight excluding hydrogens is 216 g/mol. The molecule has 1 fully saturated rings. The molecule has 0 unspecified atom stereocenters. The van der Waals surface area contributed by atoms with Gasteiger partial charge in [-0.1, -0.05) is 6.07 Å². The summed E-state index contributed by atoms with van der Waals surface area (Å²) in [5.41, 5.74) is 0.926. The van der Waals surface area contributed by atoms with E-state index < -0.39 is 0 Å². The third kappa shape index (κ3) is 3.44. The largest absolute Gasteiger partial charge is 0.475 e. The second kappa shape index (κ2) is 5.17. The number of hydrogen-bond acceptors (Lipinski definition) is 3. The van der Waals surface area contributed by atoms with Crippen LogP contribution in [0.15, 0.2) is 18.3 Å². The smallest absolute Gasteiger partial charge is 0.223 e. The lowest BCUT2D eigenvalue weighted by Gasteiger charge is -2.13. The Kier molecular flexibility index (Phi) is 3.61. The zero-order chi connectivity index (χ0) is 12.3. The topological polar surface area (TPSA) is 51.2 Å². The van der Waals surface area contributed by atoms with Crippen LogP contribution in [0.1, 0.15) is 32.3 Å². The predicted octanol–water partition coefficient (Wildman–Crippen LogP) is 1.89. The molecule has 17 heavy (non-hydrogen) atoms. The first-order valence-electron chi connectivity index (χ1n) is 6.05. The van der Waals surface area contributed by atoms with Crippen LogP contribution in [-0.2, 0) is 11.3 Å². The van der Waals surface area contributed by atoms with Gasteiger partial charge in [0.05, 0.1) is 6.10 Å². The number of amides is 1. The Bertz CT molecular complexity index is 400. The minimum Gasteiger partial charge on any atom is -0.475 e. The van der Waals surface area contributed by atoms with E-state index in [1.165, 1.54) is 0 Å². The van der Waals surface area contributed by atoms with Crippen LogP contribution in [0.5, 0.6) is 5.88 Å². The minimum absolute atomic E-state index is 0.0859. The Labute approximate surface area is 101 Å². The van der Waals surface area contributed by atoms with Gasteiger partial charge in [-0.05, 0) is 32.8 Å². The highest BCUT2D eigenvalue weighted by molar-refractivity contribution is 5.80. The van der Waals surface area contributed by atoms with Crippen LogP contribution in [0.25, 0.3) is 0 Å². The van der Waals surface area contributed by atoms with E-state index in [-0.39, 0.29) is 17.9 Å². The van der Waals surface area contributed by atoms with Crippen LogP contribution >= 0.6 is 0 Å². The lowest BCUT2D eigenvalue weighted by Crippen LogP contribution is -2.24. The van der Waals surface area contributed by atoms with Crippen LogP contribution in [0.2, 0.25) is 0 Å². The fourth-order valence-corrected chi connectivity index (χ4v) is 1.56. The molecule has 0 radical (unpaired) electrons. The average Bonchev–Trinajstić information content (AvgIpc) is 3.10. The summed E-state index contributed by atoms with van der Waals surface area (Å²) in [6.07, 6.45) is 3.83. The van der Waals surface area contributed by atoms with Crippen molar-refractivity contribution in [1.82, 2.24) is 10.3 Å². The highest BCUT2D eigenvalue weighted by Gasteiger charge is 2.29. The van der Waals surface area contributed by atoms with Crippen LogP contribution in [0, 0.1) is 5.92 Å². The van der Waals surface area contributed by atoms with Gasteiger partial charge < -0.3 is 10.1 Å². The summed E-state index contributed by atoms with van der Waals surface area (Å²) in [6.45, 7) is 4.41. The van der Waals surface area contributed by atoms with Crippen molar-refractivity contribution >= 4 is 5.91 Å². The molecule has 1 aromatic rings. The molecule has 1 aliphatic carbocycles. The molecule has 0 aromatic carbocycles. The van der Waals surface area contributed by atoms with Crippen molar-refractivity contribution in [2.45, 2.75) is 39.3 Å². The van der Waals surface area contributed by atoms with E-state index in [1.807, 2.05) is 26.0 Å². The molecule has 2 rings (SSSR count). The maximum Gasteiger partial charge on any atom is 0.223 e. The van der Waals surface area contributed by atoms with Crippen molar-refractivity contribution in [2.75, 3.05) is 0 Å². The zero-order valence-corrected chi connectivity index (χ0v) is 10.3. The monoisotopic (exact) mass is 234 g/mol. The molecule has 4 heteroatoms. The molecule has 92 valence electrons. The van der Waals surface area contributed by atoms with Gasteiger partial charge in [-0.3, -0.25) is 4.79 Å². The molecule has 1 N–H and O–H groups in total. The highest BCUT2D eigenvalue weighted by Crippen LogP contribution is 2.29. The van der Waals surface area contributed by atoms with Crippen LogP contribution in [0.3, 0.4) is 0 Å². The van der Waals surface area contributed by atoms with Crippen molar-refractivity contribution in [3.8, 4) is 5.88 Å². The molecule has 1 saturated carbocycles. The van der Waals surface area contributed by atoms with E-state index in [2.05, 4.69) is 10.3 Å². The number of pyridine rings is 1. The van der Waals surface area contributed by atoms with E-state index >= 15 is 0 Å². The molecule has 0 bridgehead atoms. The number of nitrogens with zero attached hydrogens (tertiary/aromatic N) is 1. The molecular formula is C13H18N2O2. The first-order valence-corrected chi connectivity index (χ1v) is 6.05. The lowest BCUT2D eigenvalue weighted by molar-refractivity contribution is -0.122. The highest BCUT2D eigenvalue weighted by atomic mass is 16.5. The van der Waals surface area contributed by atoms with Gasteiger partial charge in [-0.15, -0.1) is 0 Å². The van der Waals surface area contributed by atoms with E-state index in [1.54, 1.807) is 6.20 Å². The number of rotatable bonds is 5. The van der Waals surface area contributed by atoms with Gasteiger partial charge in [0.15, 0.2) is 0 Å². The number of ether oxygens (including phenoxy) is 1. The fraction of sp³-hybridized carbons (Fsp3) is 0.538. The SMILES string of the molecule is CC(C)Oc1ncccc1CNC(=O)C1CC1. The van der Waals surface area contributed by atoms with Crippen LogP contribution < -0.4 is 10.1 Å². The zero-order valence-electron chi connectivity index (χ0n) is 10.3. The molecule has 1 heterocycles. The van der Waals surface area contributed by atoms with E-state index in [0.29, 0.717) is 12.4 Å². The average molecular weight is 234 g/mol. The Morgan fingerprint density at radius 2 is 2.35 bits per heavy atom. The fourth-order valence-electron chi connectivity index (χ4n) is 1.56. The van der Waals surface area contributed by atoms with Crippen molar-refractivity contribution in [1.29, 1.82) is 0 Å². The summed E-state index contributed by atoms with van der Waals surface area (Å²) in [5.74, 6) is 0.990. The number of carbonyl (C=O) groups is 1. The maximum absolute atomic E-state index is 11.5. The second-order valence-electron chi connectivity index (χ2n) is 4.63. The Morgan fingerprint density at radius 3 is 3.00 bits per heavy atom. The molecule has 1 amide bonds. The van der Waals surface area contributed by atoms with E-state index in [0.717, 1.165) is 18.4 Å². The standard InChI is InChI=1S/C13H18N2O2/c1-9(2)17-13-11(4-3-7-14-13)8-15-12(16)10-5-6-10/h3-4,7,9-10H,5-6,8H2,1-2H3,(H,15,16). The predicted molar refractivity (Wildman–Crippen MR) is 64.6 cm³/mol. The Balaban J connectivity index is 1.96. The second-order valence-corrected chi connectivity index (χ2v) is 4.63. The summed E-state index contributed by atoms with van der Waals surface area (Å²) in [4.78, 5) is 15.7. The molecule has 0 aliphatic heterocycles.